The van der Waals surface area contributed by atoms with Crippen molar-refractivity contribution >= 4 is 5.69 Å². The predicted octanol–water partition coefficient (Wildman–Crippen LogP) is 3.97. The second kappa shape index (κ2) is 4.79. The molecule has 0 unspecified atom stereocenters. The van der Waals surface area contributed by atoms with Gasteiger partial charge in [0.25, 0.3) is 0 Å². The molecule has 0 aliphatic heterocycles. The highest BCUT2D eigenvalue weighted by Gasteiger charge is 2.32. The van der Waals surface area contributed by atoms with E-state index in [0.717, 1.165) is 18.2 Å². The van der Waals surface area contributed by atoms with Gasteiger partial charge in [0.2, 0.25) is 0 Å². The third-order valence-electron chi connectivity index (χ3n) is 2.38. The van der Waals surface area contributed by atoms with Gasteiger partial charge >= 0.3 is 6.36 Å². The highest BCUT2D eigenvalue weighted by atomic mass is 19.4. The molecule has 2 aromatic carbocycles. The summed E-state index contributed by atoms with van der Waals surface area (Å²) < 4.78 is 53.6. The Morgan fingerprint density at radius 1 is 0.947 bits per heavy atom. The van der Waals surface area contributed by atoms with Crippen LogP contribution in [0.5, 0.6) is 5.75 Å². The zero-order valence-electron chi connectivity index (χ0n) is 9.54. The number of benzene rings is 2. The van der Waals surface area contributed by atoms with Crippen LogP contribution in [0.4, 0.5) is 23.2 Å². The Kier molecular flexibility index (Phi) is 3.33. The van der Waals surface area contributed by atoms with Crippen LogP contribution in [0.3, 0.4) is 0 Å². The fourth-order valence-electron chi connectivity index (χ4n) is 1.62. The first-order valence-electron chi connectivity index (χ1n) is 5.26. The Labute approximate surface area is 106 Å². The molecule has 2 aromatic rings. The minimum Gasteiger partial charge on any atom is -0.405 e. The number of halogens is 4. The van der Waals surface area contributed by atoms with E-state index >= 15 is 0 Å². The van der Waals surface area contributed by atoms with E-state index in [4.69, 9.17) is 5.73 Å². The second-order valence-corrected chi connectivity index (χ2v) is 3.81. The summed E-state index contributed by atoms with van der Waals surface area (Å²) in [5.41, 5.74) is 6.37. The lowest BCUT2D eigenvalue weighted by Gasteiger charge is -2.14. The molecule has 19 heavy (non-hydrogen) atoms. The molecule has 2 nitrogen and oxygen atoms in total. The van der Waals surface area contributed by atoms with Crippen molar-refractivity contribution in [3.8, 4) is 16.9 Å². The van der Waals surface area contributed by atoms with E-state index in [1.165, 1.54) is 24.3 Å². The molecule has 0 spiro atoms. The summed E-state index contributed by atoms with van der Waals surface area (Å²) in [5, 5.41) is 0. The molecule has 0 bridgehead atoms. The monoisotopic (exact) mass is 271 g/mol. The van der Waals surface area contributed by atoms with Gasteiger partial charge < -0.3 is 10.5 Å². The molecule has 2 rings (SSSR count). The number of rotatable bonds is 2. The van der Waals surface area contributed by atoms with Crippen molar-refractivity contribution in [2.75, 3.05) is 5.73 Å². The minimum atomic E-state index is -4.80. The number of nitrogen functional groups attached to an aromatic ring is 1. The average molecular weight is 271 g/mol. The van der Waals surface area contributed by atoms with Crippen LogP contribution in [-0.2, 0) is 0 Å². The van der Waals surface area contributed by atoms with E-state index < -0.39 is 12.2 Å². The summed E-state index contributed by atoms with van der Waals surface area (Å²) in [5.74, 6) is -0.862. The van der Waals surface area contributed by atoms with Crippen LogP contribution >= 0.6 is 0 Å². The van der Waals surface area contributed by atoms with Gasteiger partial charge in [-0.1, -0.05) is 12.1 Å². The molecular formula is C13H9F4NO. The Morgan fingerprint density at radius 3 is 2.16 bits per heavy atom. The highest BCUT2D eigenvalue weighted by molar-refractivity contribution is 5.73. The molecule has 6 heteroatoms. The normalized spacial score (nSPS) is 11.4. The number of hydrogen-bond donors (Lipinski definition) is 1. The Morgan fingerprint density at radius 2 is 1.58 bits per heavy atom. The predicted molar refractivity (Wildman–Crippen MR) is 62.9 cm³/mol. The zero-order chi connectivity index (χ0) is 14.0. The molecule has 0 heterocycles. The van der Waals surface area contributed by atoms with E-state index in [1.54, 1.807) is 0 Å². The molecule has 0 radical (unpaired) electrons. The van der Waals surface area contributed by atoms with Crippen LogP contribution in [0.15, 0.2) is 42.5 Å². The molecule has 0 aliphatic carbocycles. The molecule has 0 amide bonds. The SMILES string of the molecule is Nc1ccc(OC(F)(F)F)c(-c2ccc(F)cc2)c1. The van der Waals surface area contributed by atoms with Crippen LogP contribution in [0.2, 0.25) is 0 Å². The van der Waals surface area contributed by atoms with Gasteiger partial charge in [-0.3, -0.25) is 0 Å². The molecule has 0 aromatic heterocycles. The van der Waals surface area contributed by atoms with Gasteiger partial charge in [-0.05, 0) is 35.9 Å². The lowest BCUT2D eigenvalue weighted by atomic mass is 10.0. The molecule has 0 fully saturated rings. The Bertz CT molecular complexity index is 578. The zero-order valence-corrected chi connectivity index (χ0v) is 9.54. The number of alkyl halides is 3. The molecular weight excluding hydrogens is 262 g/mol. The molecule has 100 valence electrons. The highest BCUT2D eigenvalue weighted by Crippen LogP contribution is 2.35. The fourth-order valence-corrected chi connectivity index (χ4v) is 1.62. The smallest absolute Gasteiger partial charge is 0.405 e. The van der Waals surface area contributed by atoms with Gasteiger partial charge in [-0.25, -0.2) is 4.39 Å². The van der Waals surface area contributed by atoms with Gasteiger partial charge in [-0.15, -0.1) is 13.2 Å². The van der Waals surface area contributed by atoms with Crippen LogP contribution in [0, 0.1) is 5.82 Å². The summed E-state index contributed by atoms with van der Waals surface area (Å²) in [6.45, 7) is 0. The maximum Gasteiger partial charge on any atom is 0.573 e. The van der Waals surface area contributed by atoms with E-state index in [1.807, 2.05) is 0 Å². The molecule has 0 atom stereocenters. The minimum absolute atomic E-state index is 0.150. The quantitative estimate of drug-likeness (QED) is 0.662. The summed E-state index contributed by atoms with van der Waals surface area (Å²) in [6.07, 6.45) is -4.80. The summed E-state index contributed by atoms with van der Waals surface area (Å²) in [4.78, 5) is 0. The van der Waals surface area contributed by atoms with E-state index in [2.05, 4.69) is 4.74 Å². The van der Waals surface area contributed by atoms with Crippen LogP contribution in [0.25, 0.3) is 11.1 Å². The van der Waals surface area contributed by atoms with Crippen LogP contribution in [0.1, 0.15) is 0 Å². The van der Waals surface area contributed by atoms with Crippen LogP contribution in [-0.4, -0.2) is 6.36 Å². The Hall–Kier alpha value is -2.24. The standard InChI is InChI=1S/C13H9F4NO/c14-9-3-1-8(2-4-9)11-7-10(18)5-6-12(11)19-13(15,16)17/h1-7H,18H2. The van der Waals surface area contributed by atoms with Crippen molar-refractivity contribution in [3.05, 3.63) is 48.3 Å². The first kappa shape index (κ1) is 13.2. The van der Waals surface area contributed by atoms with Gasteiger partial charge in [-0.2, -0.15) is 0 Å². The van der Waals surface area contributed by atoms with Crippen molar-refractivity contribution in [3.63, 3.8) is 0 Å². The number of ether oxygens (including phenoxy) is 1. The average Bonchev–Trinajstić information content (AvgIpc) is 2.31. The van der Waals surface area contributed by atoms with E-state index in [0.29, 0.717) is 5.56 Å². The maximum absolute atomic E-state index is 12.8. The van der Waals surface area contributed by atoms with Gasteiger partial charge in [0.05, 0.1) is 0 Å². The van der Waals surface area contributed by atoms with Crippen LogP contribution < -0.4 is 10.5 Å². The van der Waals surface area contributed by atoms with Crippen molar-refractivity contribution in [1.82, 2.24) is 0 Å². The summed E-state index contributed by atoms with van der Waals surface area (Å²) >= 11 is 0. The maximum atomic E-state index is 12.8. The van der Waals surface area contributed by atoms with Crippen molar-refractivity contribution in [2.45, 2.75) is 6.36 Å². The van der Waals surface area contributed by atoms with Crippen molar-refractivity contribution < 1.29 is 22.3 Å². The third kappa shape index (κ3) is 3.37. The largest absolute Gasteiger partial charge is 0.573 e. The first-order valence-corrected chi connectivity index (χ1v) is 5.26. The van der Waals surface area contributed by atoms with Gasteiger partial charge in [0.1, 0.15) is 11.6 Å². The van der Waals surface area contributed by atoms with Gasteiger partial charge in [0, 0.05) is 11.3 Å². The topological polar surface area (TPSA) is 35.2 Å². The number of hydrogen-bond acceptors (Lipinski definition) is 2. The first-order chi connectivity index (χ1) is 8.85. The molecule has 0 saturated carbocycles. The van der Waals surface area contributed by atoms with Gasteiger partial charge in [0.15, 0.2) is 0 Å². The third-order valence-corrected chi connectivity index (χ3v) is 2.38. The lowest BCUT2D eigenvalue weighted by Crippen LogP contribution is -2.17. The van der Waals surface area contributed by atoms with Crippen molar-refractivity contribution in [2.24, 2.45) is 0 Å². The lowest BCUT2D eigenvalue weighted by molar-refractivity contribution is -0.274. The molecule has 2 N–H and O–H groups in total. The summed E-state index contributed by atoms with van der Waals surface area (Å²) in [6, 6.07) is 8.77. The molecule has 0 saturated heterocycles. The number of anilines is 1. The van der Waals surface area contributed by atoms with E-state index in [-0.39, 0.29) is 17.0 Å². The Balaban J connectivity index is 2.48. The molecule has 0 aliphatic rings. The van der Waals surface area contributed by atoms with Crippen molar-refractivity contribution in [1.29, 1.82) is 0 Å². The number of nitrogens with two attached hydrogens (primary N) is 1. The summed E-state index contributed by atoms with van der Waals surface area (Å²) in [7, 11) is 0. The fraction of sp³-hybridized carbons (Fsp3) is 0.0769. The second-order valence-electron chi connectivity index (χ2n) is 3.81. The van der Waals surface area contributed by atoms with E-state index in [9.17, 15) is 17.6 Å².